The second-order valence-electron chi connectivity index (χ2n) is 3.68. The first-order valence-electron chi connectivity index (χ1n) is 5.16. The van der Waals surface area contributed by atoms with E-state index in [1.807, 2.05) is 0 Å². The summed E-state index contributed by atoms with van der Waals surface area (Å²) < 4.78 is 51.3. The molecule has 1 heterocycles. The minimum atomic E-state index is -4.64. The number of rotatable bonds is 1. The molecule has 0 aliphatic heterocycles. The zero-order valence-electron chi connectivity index (χ0n) is 9.37. The van der Waals surface area contributed by atoms with Crippen LogP contribution in [0.3, 0.4) is 0 Å². The maximum Gasteiger partial charge on any atom is 0.433 e. The Hall–Kier alpha value is -2.42. The van der Waals surface area contributed by atoms with Crippen molar-refractivity contribution in [2.75, 3.05) is 0 Å². The maximum atomic E-state index is 13.6. The van der Waals surface area contributed by atoms with Gasteiger partial charge in [-0.15, -0.1) is 0 Å². The van der Waals surface area contributed by atoms with E-state index in [4.69, 9.17) is 5.26 Å². The van der Waals surface area contributed by atoms with Crippen LogP contribution in [0.2, 0.25) is 0 Å². The topological polar surface area (TPSA) is 36.7 Å². The average molecular weight is 266 g/mol. The molecule has 0 saturated carbocycles. The Labute approximate surface area is 105 Å². The van der Waals surface area contributed by atoms with Gasteiger partial charge in [0.2, 0.25) is 0 Å². The van der Waals surface area contributed by atoms with Crippen molar-refractivity contribution >= 4 is 0 Å². The molecule has 0 aliphatic rings. The van der Waals surface area contributed by atoms with Crippen LogP contribution in [0.25, 0.3) is 11.3 Å². The van der Waals surface area contributed by atoms with Gasteiger partial charge >= 0.3 is 6.18 Å². The summed E-state index contributed by atoms with van der Waals surface area (Å²) in [5, 5.41) is 8.87. The van der Waals surface area contributed by atoms with Crippen molar-refractivity contribution in [3.63, 3.8) is 0 Å². The highest BCUT2D eigenvalue weighted by Gasteiger charge is 2.33. The number of hydrogen-bond acceptors (Lipinski definition) is 2. The first-order chi connectivity index (χ1) is 8.93. The van der Waals surface area contributed by atoms with Crippen LogP contribution in [0.1, 0.15) is 11.3 Å². The van der Waals surface area contributed by atoms with Crippen LogP contribution >= 0.6 is 0 Å². The standard InChI is InChI=1S/C13H6F4N2/c14-10-4-2-1-3-9(10)12-8(7-18)5-6-11(19-12)13(15,16)17/h1-6H. The van der Waals surface area contributed by atoms with E-state index in [1.165, 1.54) is 18.2 Å². The zero-order valence-corrected chi connectivity index (χ0v) is 9.37. The molecule has 2 aromatic rings. The van der Waals surface area contributed by atoms with E-state index in [2.05, 4.69) is 4.98 Å². The van der Waals surface area contributed by atoms with E-state index < -0.39 is 17.7 Å². The third kappa shape index (κ3) is 2.55. The fourth-order valence-corrected chi connectivity index (χ4v) is 1.57. The second-order valence-corrected chi connectivity index (χ2v) is 3.68. The van der Waals surface area contributed by atoms with Gasteiger partial charge in [0.05, 0.1) is 11.3 Å². The van der Waals surface area contributed by atoms with Gasteiger partial charge in [0, 0.05) is 5.56 Å². The smallest absolute Gasteiger partial charge is 0.242 e. The van der Waals surface area contributed by atoms with Crippen LogP contribution in [-0.4, -0.2) is 4.98 Å². The van der Waals surface area contributed by atoms with Crippen LogP contribution < -0.4 is 0 Å². The first kappa shape index (κ1) is 13.0. The highest BCUT2D eigenvalue weighted by Crippen LogP contribution is 2.31. The van der Waals surface area contributed by atoms with E-state index in [0.717, 1.165) is 12.1 Å². The summed E-state index contributed by atoms with van der Waals surface area (Å²) in [6.07, 6.45) is -4.64. The number of pyridine rings is 1. The number of benzene rings is 1. The molecule has 0 saturated heterocycles. The summed E-state index contributed by atoms with van der Waals surface area (Å²) in [6, 6.07) is 8.62. The Kier molecular flexibility index (Phi) is 3.21. The lowest BCUT2D eigenvalue weighted by Gasteiger charge is -2.09. The molecule has 96 valence electrons. The fraction of sp³-hybridized carbons (Fsp3) is 0.0769. The predicted molar refractivity (Wildman–Crippen MR) is 59.3 cm³/mol. The third-order valence-electron chi connectivity index (χ3n) is 2.44. The molecule has 0 N–H and O–H groups in total. The molecule has 0 spiro atoms. The normalized spacial score (nSPS) is 11.1. The van der Waals surface area contributed by atoms with E-state index in [1.54, 1.807) is 6.07 Å². The Morgan fingerprint density at radius 2 is 1.74 bits per heavy atom. The molecule has 2 nitrogen and oxygen atoms in total. The summed E-state index contributed by atoms with van der Waals surface area (Å²) in [5.41, 5.74) is -1.72. The van der Waals surface area contributed by atoms with Crippen molar-refractivity contribution in [1.29, 1.82) is 5.26 Å². The quantitative estimate of drug-likeness (QED) is 0.736. The molecule has 0 unspecified atom stereocenters. The monoisotopic (exact) mass is 266 g/mol. The molecule has 2 rings (SSSR count). The molecule has 0 aliphatic carbocycles. The molecule has 0 amide bonds. The highest BCUT2D eigenvalue weighted by molar-refractivity contribution is 5.67. The van der Waals surface area contributed by atoms with Gasteiger partial charge in [0.1, 0.15) is 17.6 Å². The summed E-state index contributed by atoms with van der Waals surface area (Å²) in [4.78, 5) is 3.36. The lowest BCUT2D eigenvalue weighted by Crippen LogP contribution is -2.09. The molecular formula is C13H6F4N2. The summed E-state index contributed by atoms with van der Waals surface area (Å²) >= 11 is 0. The van der Waals surface area contributed by atoms with Gasteiger partial charge in [-0.3, -0.25) is 0 Å². The van der Waals surface area contributed by atoms with Gasteiger partial charge in [-0.05, 0) is 24.3 Å². The van der Waals surface area contributed by atoms with Crippen molar-refractivity contribution in [3.05, 3.63) is 53.5 Å². The van der Waals surface area contributed by atoms with Gasteiger partial charge in [-0.2, -0.15) is 18.4 Å². The average Bonchev–Trinajstić information content (AvgIpc) is 2.37. The van der Waals surface area contributed by atoms with Gasteiger partial charge in [0.15, 0.2) is 0 Å². The minimum Gasteiger partial charge on any atom is -0.242 e. The van der Waals surface area contributed by atoms with Crippen molar-refractivity contribution in [1.82, 2.24) is 4.98 Å². The lowest BCUT2D eigenvalue weighted by molar-refractivity contribution is -0.141. The molecule has 0 radical (unpaired) electrons. The summed E-state index contributed by atoms with van der Waals surface area (Å²) in [7, 11) is 0. The zero-order chi connectivity index (χ0) is 14.0. The van der Waals surface area contributed by atoms with E-state index in [9.17, 15) is 17.6 Å². The number of nitriles is 1. The predicted octanol–water partition coefficient (Wildman–Crippen LogP) is 3.78. The molecule has 6 heteroatoms. The molecule has 19 heavy (non-hydrogen) atoms. The second kappa shape index (κ2) is 4.69. The van der Waals surface area contributed by atoms with Crippen LogP contribution in [0.15, 0.2) is 36.4 Å². The number of aromatic nitrogens is 1. The third-order valence-corrected chi connectivity index (χ3v) is 2.44. The lowest BCUT2D eigenvalue weighted by atomic mass is 10.1. The molecule has 0 atom stereocenters. The minimum absolute atomic E-state index is 0.113. The Balaban J connectivity index is 2.68. The van der Waals surface area contributed by atoms with Gasteiger partial charge in [-0.25, -0.2) is 9.37 Å². The molecule has 1 aromatic heterocycles. The highest BCUT2D eigenvalue weighted by atomic mass is 19.4. The number of halogens is 4. The molecule has 1 aromatic carbocycles. The van der Waals surface area contributed by atoms with Crippen LogP contribution in [0.4, 0.5) is 17.6 Å². The summed E-state index contributed by atoms with van der Waals surface area (Å²) in [6.45, 7) is 0. The van der Waals surface area contributed by atoms with Crippen molar-refractivity contribution in [3.8, 4) is 17.3 Å². The largest absolute Gasteiger partial charge is 0.433 e. The molecule has 0 bridgehead atoms. The van der Waals surface area contributed by atoms with E-state index in [-0.39, 0.29) is 16.8 Å². The Morgan fingerprint density at radius 3 is 2.32 bits per heavy atom. The van der Waals surface area contributed by atoms with Crippen molar-refractivity contribution in [2.24, 2.45) is 0 Å². The Bertz CT molecular complexity index is 656. The van der Waals surface area contributed by atoms with E-state index >= 15 is 0 Å². The number of nitrogens with zero attached hydrogens (tertiary/aromatic N) is 2. The number of hydrogen-bond donors (Lipinski definition) is 0. The maximum absolute atomic E-state index is 13.6. The van der Waals surface area contributed by atoms with E-state index in [0.29, 0.717) is 6.07 Å². The molecular weight excluding hydrogens is 260 g/mol. The SMILES string of the molecule is N#Cc1ccc(C(F)(F)F)nc1-c1ccccc1F. The first-order valence-corrected chi connectivity index (χ1v) is 5.16. The van der Waals surface area contributed by atoms with Crippen LogP contribution in [0, 0.1) is 17.1 Å². The van der Waals surface area contributed by atoms with Crippen LogP contribution in [-0.2, 0) is 6.18 Å². The fourth-order valence-electron chi connectivity index (χ4n) is 1.57. The van der Waals surface area contributed by atoms with Gasteiger partial charge in [0.25, 0.3) is 0 Å². The van der Waals surface area contributed by atoms with Gasteiger partial charge in [-0.1, -0.05) is 12.1 Å². The van der Waals surface area contributed by atoms with Crippen molar-refractivity contribution < 1.29 is 17.6 Å². The summed E-state index contributed by atoms with van der Waals surface area (Å²) in [5.74, 6) is -0.731. The Morgan fingerprint density at radius 1 is 1.05 bits per heavy atom. The number of alkyl halides is 3. The van der Waals surface area contributed by atoms with Gasteiger partial charge < -0.3 is 0 Å². The molecule has 0 fully saturated rings. The van der Waals surface area contributed by atoms with Crippen LogP contribution in [0.5, 0.6) is 0 Å². The van der Waals surface area contributed by atoms with Crippen molar-refractivity contribution in [2.45, 2.75) is 6.18 Å².